The summed E-state index contributed by atoms with van der Waals surface area (Å²) in [4.78, 5) is 16.5. The second-order valence-electron chi connectivity index (χ2n) is 6.34. The molecule has 5 nitrogen and oxygen atoms in total. The van der Waals surface area contributed by atoms with E-state index in [4.69, 9.17) is 4.74 Å². The standard InChI is InChI=1S/C18H29N3O2/c1-20(2)17(15-8-10-16(23-3)11-9-15)14-19-18(22)21-12-6-4-5-7-13-21/h8-11,17H,4-7,12-14H2,1-3H3,(H,19,22). The quantitative estimate of drug-likeness (QED) is 0.907. The highest BCUT2D eigenvalue weighted by Gasteiger charge is 2.19. The van der Waals surface area contributed by atoms with Crippen LogP contribution in [0.4, 0.5) is 4.79 Å². The first-order valence-corrected chi connectivity index (χ1v) is 8.45. The fourth-order valence-corrected chi connectivity index (χ4v) is 2.99. The highest BCUT2D eigenvalue weighted by molar-refractivity contribution is 5.74. The lowest BCUT2D eigenvalue weighted by Gasteiger charge is -2.27. The van der Waals surface area contributed by atoms with Crippen molar-refractivity contribution >= 4 is 6.03 Å². The second kappa shape index (κ2) is 8.77. The van der Waals surface area contributed by atoms with Gasteiger partial charge in [-0.15, -0.1) is 0 Å². The maximum atomic E-state index is 12.4. The van der Waals surface area contributed by atoms with Crippen molar-refractivity contribution < 1.29 is 9.53 Å². The average Bonchev–Trinajstić information content (AvgIpc) is 2.84. The van der Waals surface area contributed by atoms with Crippen LogP contribution in [0.1, 0.15) is 37.3 Å². The van der Waals surface area contributed by atoms with E-state index in [1.54, 1.807) is 7.11 Å². The van der Waals surface area contributed by atoms with Crippen molar-refractivity contribution in [3.63, 3.8) is 0 Å². The Morgan fingerprint density at radius 3 is 2.30 bits per heavy atom. The zero-order chi connectivity index (χ0) is 16.7. The van der Waals surface area contributed by atoms with Crippen LogP contribution in [-0.2, 0) is 0 Å². The Labute approximate surface area is 139 Å². The van der Waals surface area contributed by atoms with Crippen molar-refractivity contribution in [3.05, 3.63) is 29.8 Å². The van der Waals surface area contributed by atoms with Crippen LogP contribution in [0, 0.1) is 0 Å². The summed E-state index contributed by atoms with van der Waals surface area (Å²) in [5.74, 6) is 0.847. The molecule has 1 aliphatic heterocycles. The zero-order valence-electron chi connectivity index (χ0n) is 14.5. The number of likely N-dealkylation sites (N-methyl/N-ethyl adjacent to an activating group) is 1. The summed E-state index contributed by atoms with van der Waals surface area (Å²) >= 11 is 0. The van der Waals surface area contributed by atoms with Gasteiger partial charge in [0.25, 0.3) is 0 Å². The predicted octanol–water partition coefficient (Wildman–Crippen LogP) is 2.88. The SMILES string of the molecule is COc1ccc(C(CNC(=O)N2CCCCCC2)N(C)C)cc1. The predicted molar refractivity (Wildman–Crippen MR) is 92.9 cm³/mol. The van der Waals surface area contributed by atoms with Gasteiger partial charge in [-0.3, -0.25) is 0 Å². The molecule has 0 saturated carbocycles. The number of urea groups is 1. The number of benzene rings is 1. The molecule has 23 heavy (non-hydrogen) atoms. The van der Waals surface area contributed by atoms with Gasteiger partial charge in [-0.2, -0.15) is 0 Å². The summed E-state index contributed by atoms with van der Waals surface area (Å²) in [6, 6.07) is 8.25. The van der Waals surface area contributed by atoms with Gasteiger partial charge < -0.3 is 19.9 Å². The van der Waals surface area contributed by atoms with E-state index in [1.807, 2.05) is 31.1 Å². The van der Waals surface area contributed by atoms with Crippen molar-refractivity contribution in [2.75, 3.05) is 40.8 Å². The first kappa shape index (κ1) is 17.6. The molecule has 1 N–H and O–H groups in total. The minimum absolute atomic E-state index is 0.0623. The molecular formula is C18H29N3O2. The Hall–Kier alpha value is -1.75. The molecule has 0 spiro atoms. The van der Waals surface area contributed by atoms with E-state index in [0.29, 0.717) is 6.54 Å². The number of amides is 2. The molecule has 1 aliphatic rings. The molecule has 1 aromatic rings. The Balaban J connectivity index is 1.94. The third kappa shape index (κ3) is 5.13. The summed E-state index contributed by atoms with van der Waals surface area (Å²) in [6.07, 6.45) is 4.69. The van der Waals surface area contributed by atoms with Gasteiger partial charge >= 0.3 is 6.03 Å². The van der Waals surface area contributed by atoms with Crippen LogP contribution in [0.2, 0.25) is 0 Å². The Kier molecular flexibility index (Phi) is 6.71. The van der Waals surface area contributed by atoms with Crippen molar-refractivity contribution in [1.29, 1.82) is 0 Å². The Morgan fingerprint density at radius 1 is 1.17 bits per heavy atom. The number of ether oxygens (including phenoxy) is 1. The zero-order valence-corrected chi connectivity index (χ0v) is 14.5. The lowest BCUT2D eigenvalue weighted by molar-refractivity contribution is 0.194. The minimum atomic E-state index is 0.0623. The lowest BCUT2D eigenvalue weighted by atomic mass is 10.1. The molecule has 2 rings (SSSR count). The normalized spacial score (nSPS) is 16.8. The van der Waals surface area contributed by atoms with Crippen LogP contribution < -0.4 is 10.1 Å². The number of rotatable bonds is 5. The number of carbonyl (C=O) groups is 1. The molecule has 2 amide bonds. The first-order valence-electron chi connectivity index (χ1n) is 8.45. The van der Waals surface area contributed by atoms with Gasteiger partial charge in [0.15, 0.2) is 0 Å². The fraction of sp³-hybridized carbons (Fsp3) is 0.611. The smallest absolute Gasteiger partial charge is 0.317 e. The van der Waals surface area contributed by atoms with Gasteiger partial charge in [0.1, 0.15) is 5.75 Å². The summed E-state index contributed by atoms with van der Waals surface area (Å²) in [7, 11) is 5.74. The summed E-state index contributed by atoms with van der Waals surface area (Å²) in [5, 5.41) is 3.10. The third-order valence-corrected chi connectivity index (χ3v) is 4.46. The highest BCUT2D eigenvalue weighted by atomic mass is 16.5. The van der Waals surface area contributed by atoms with Crippen LogP contribution in [0.3, 0.4) is 0 Å². The molecule has 1 aromatic carbocycles. The van der Waals surface area contributed by atoms with E-state index in [0.717, 1.165) is 31.7 Å². The number of nitrogens with zero attached hydrogens (tertiary/aromatic N) is 2. The molecule has 1 fully saturated rings. The fourth-order valence-electron chi connectivity index (χ4n) is 2.99. The van der Waals surface area contributed by atoms with Crippen LogP contribution in [-0.4, -0.2) is 56.7 Å². The monoisotopic (exact) mass is 319 g/mol. The molecule has 1 unspecified atom stereocenters. The van der Waals surface area contributed by atoms with Gasteiger partial charge in [0.05, 0.1) is 13.2 Å². The van der Waals surface area contributed by atoms with Crippen molar-refractivity contribution in [2.24, 2.45) is 0 Å². The minimum Gasteiger partial charge on any atom is -0.497 e. The van der Waals surface area contributed by atoms with Crippen LogP contribution in [0.15, 0.2) is 24.3 Å². The molecule has 1 saturated heterocycles. The molecule has 128 valence electrons. The number of methoxy groups -OCH3 is 1. The van der Waals surface area contributed by atoms with Crippen LogP contribution >= 0.6 is 0 Å². The molecule has 0 aliphatic carbocycles. The molecule has 5 heteroatoms. The molecule has 0 bridgehead atoms. The summed E-state index contributed by atoms with van der Waals surface area (Å²) in [6.45, 7) is 2.36. The Bertz CT molecular complexity index is 480. The Morgan fingerprint density at radius 2 is 1.78 bits per heavy atom. The first-order chi connectivity index (χ1) is 11.1. The van der Waals surface area contributed by atoms with E-state index >= 15 is 0 Å². The molecule has 0 aromatic heterocycles. The van der Waals surface area contributed by atoms with Crippen molar-refractivity contribution in [3.8, 4) is 5.75 Å². The van der Waals surface area contributed by atoms with Gasteiger partial charge in [-0.1, -0.05) is 25.0 Å². The summed E-state index contributed by atoms with van der Waals surface area (Å²) in [5.41, 5.74) is 1.17. The number of hydrogen-bond acceptors (Lipinski definition) is 3. The lowest BCUT2D eigenvalue weighted by Crippen LogP contribution is -2.43. The third-order valence-electron chi connectivity index (χ3n) is 4.46. The van der Waals surface area contributed by atoms with E-state index in [2.05, 4.69) is 22.3 Å². The number of carbonyl (C=O) groups excluding carboxylic acids is 1. The van der Waals surface area contributed by atoms with Crippen molar-refractivity contribution in [1.82, 2.24) is 15.1 Å². The van der Waals surface area contributed by atoms with Gasteiger partial charge in [-0.05, 0) is 44.6 Å². The highest BCUT2D eigenvalue weighted by Crippen LogP contribution is 2.21. The largest absolute Gasteiger partial charge is 0.497 e. The summed E-state index contributed by atoms with van der Waals surface area (Å²) < 4.78 is 5.21. The van der Waals surface area contributed by atoms with Gasteiger partial charge in [0.2, 0.25) is 0 Å². The number of likely N-dealkylation sites (tertiary alicyclic amines) is 1. The molecule has 1 heterocycles. The second-order valence-corrected chi connectivity index (χ2v) is 6.34. The van der Waals surface area contributed by atoms with Gasteiger partial charge in [-0.25, -0.2) is 4.79 Å². The van der Waals surface area contributed by atoms with E-state index in [1.165, 1.54) is 18.4 Å². The van der Waals surface area contributed by atoms with E-state index in [9.17, 15) is 4.79 Å². The molecular weight excluding hydrogens is 290 g/mol. The van der Waals surface area contributed by atoms with Gasteiger partial charge in [0, 0.05) is 19.6 Å². The maximum Gasteiger partial charge on any atom is 0.317 e. The van der Waals surface area contributed by atoms with E-state index in [-0.39, 0.29) is 12.1 Å². The van der Waals surface area contributed by atoms with Crippen LogP contribution in [0.25, 0.3) is 0 Å². The number of hydrogen-bond donors (Lipinski definition) is 1. The topological polar surface area (TPSA) is 44.8 Å². The number of nitrogens with one attached hydrogen (secondary N) is 1. The molecule has 0 radical (unpaired) electrons. The average molecular weight is 319 g/mol. The molecule has 1 atom stereocenters. The maximum absolute atomic E-state index is 12.4. The van der Waals surface area contributed by atoms with E-state index < -0.39 is 0 Å². The van der Waals surface area contributed by atoms with Crippen LogP contribution in [0.5, 0.6) is 5.75 Å². The van der Waals surface area contributed by atoms with Crippen molar-refractivity contribution in [2.45, 2.75) is 31.7 Å².